The number of nitrogens with one attached hydrogen (secondary N) is 1. The van der Waals surface area contributed by atoms with Crippen molar-refractivity contribution in [2.75, 3.05) is 0 Å². The number of hydrogen-bond acceptors (Lipinski definition) is 4. The molecule has 0 aliphatic carbocycles. The standard InChI is InChI=1S/C13H14BrN3O2/c1-7(11-8(2)17-19-9(11)3)16-13(18)12-10(14)5-4-6-15-12/h4-7H,1-3H3,(H,16,18)/t7-/m1/s1. The molecule has 2 aromatic heterocycles. The highest BCUT2D eigenvalue weighted by Crippen LogP contribution is 2.22. The minimum absolute atomic E-state index is 0.187. The first kappa shape index (κ1) is 13.7. The zero-order chi connectivity index (χ0) is 14.0. The predicted molar refractivity (Wildman–Crippen MR) is 73.8 cm³/mol. The number of halogens is 1. The predicted octanol–water partition coefficient (Wildman–Crippen LogP) is 2.94. The van der Waals surface area contributed by atoms with Gasteiger partial charge in [0.2, 0.25) is 0 Å². The number of rotatable bonds is 3. The second kappa shape index (κ2) is 5.52. The Balaban J connectivity index is 2.18. The van der Waals surface area contributed by atoms with Crippen LogP contribution in [-0.4, -0.2) is 16.0 Å². The quantitative estimate of drug-likeness (QED) is 0.942. The third-order valence-electron chi connectivity index (χ3n) is 2.84. The second-order valence-electron chi connectivity index (χ2n) is 4.27. The van der Waals surface area contributed by atoms with E-state index in [0.717, 1.165) is 11.3 Å². The second-order valence-corrected chi connectivity index (χ2v) is 5.12. The lowest BCUT2D eigenvalue weighted by atomic mass is 10.1. The van der Waals surface area contributed by atoms with Crippen molar-refractivity contribution < 1.29 is 9.32 Å². The molecule has 1 atom stereocenters. The van der Waals surface area contributed by atoms with Gasteiger partial charge < -0.3 is 9.84 Å². The van der Waals surface area contributed by atoms with E-state index in [2.05, 4.69) is 31.4 Å². The van der Waals surface area contributed by atoms with Crippen molar-refractivity contribution in [3.63, 3.8) is 0 Å². The van der Waals surface area contributed by atoms with Crippen LogP contribution in [0.3, 0.4) is 0 Å². The third-order valence-corrected chi connectivity index (χ3v) is 3.48. The van der Waals surface area contributed by atoms with Gasteiger partial charge in [0.15, 0.2) is 0 Å². The Kier molecular flexibility index (Phi) is 3.99. The summed E-state index contributed by atoms with van der Waals surface area (Å²) in [6, 6.07) is 3.36. The number of hydrogen-bond donors (Lipinski definition) is 1. The van der Waals surface area contributed by atoms with Gasteiger partial charge >= 0.3 is 0 Å². The molecule has 0 bridgehead atoms. The number of amides is 1. The number of aromatic nitrogens is 2. The lowest BCUT2D eigenvalue weighted by molar-refractivity contribution is 0.0934. The van der Waals surface area contributed by atoms with E-state index >= 15 is 0 Å². The average molecular weight is 324 g/mol. The highest BCUT2D eigenvalue weighted by molar-refractivity contribution is 9.10. The van der Waals surface area contributed by atoms with Crippen LogP contribution >= 0.6 is 15.9 Å². The highest BCUT2D eigenvalue weighted by atomic mass is 79.9. The number of carbonyl (C=O) groups excluding carboxylic acids is 1. The van der Waals surface area contributed by atoms with Gasteiger partial charge in [-0.05, 0) is 48.8 Å². The lowest BCUT2D eigenvalue weighted by Crippen LogP contribution is -2.28. The van der Waals surface area contributed by atoms with Crippen molar-refractivity contribution in [3.8, 4) is 0 Å². The van der Waals surface area contributed by atoms with Crippen molar-refractivity contribution in [3.05, 3.63) is 45.5 Å². The Labute approximate surface area is 119 Å². The zero-order valence-corrected chi connectivity index (χ0v) is 12.5. The van der Waals surface area contributed by atoms with Gasteiger partial charge in [0.25, 0.3) is 5.91 Å². The van der Waals surface area contributed by atoms with Crippen LogP contribution in [-0.2, 0) is 0 Å². The highest BCUT2D eigenvalue weighted by Gasteiger charge is 2.20. The Morgan fingerprint density at radius 3 is 2.79 bits per heavy atom. The fourth-order valence-corrected chi connectivity index (χ4v) is 2.43. The Hall–Kier alpha value is -1.69. The molecule has 5 nitrogen and oxygen atoms in total. The maximum absolute atomic E-state index is 12.1. The maximum Gasteiger partial charge on any atom is 0.271 e. The molecule has 0 spiro atoms. The van der Waals surface area contributed by atoms with E-state index in [9.17, 15) is 4.79 Å². The van der Waals surface area contributed by atoms with E-state index in [1.54, 1.807) is 18.3 Å². The summed E-state index contributed by atoms with van der Waals surface area (Å²) in [7, 11) is 0. The van der Waals surface area contributed by atoms with Crippen molar-refractivity contribution in [2.45, 2.75) is 26.8 Å². The van der Waals surface area contributed by atoms with Gasteiger partial charge in [-0.1, -0.05) is 5.16 Å². The molecule has 100 valence electrons. The van der Waals surface area contributed by atoms with E-state index in [1.807, 2.05) is 20.8 Å². The first-order valence-electron chi connectivity index (χ1n) is 5.85. The smallest absolute Gasteiger partial charge is 0.271 e. The summed E-state index contributed by atoms with van der Waals surface area (Å²) in [5, 5.41) is 6.77. The molecule has 0 aromatic carbocycles. The van der Waals surface area contributed by atoms with Crippen LogP contribution in [0.4, 0.5) is 0 Å². The monoisotopic (exact) mass is 323 g/mol. The molecule has 2 heterocycles. The number of nitrogens with zero attached hydrogens (tertiary/aromatic N) is 2. The Morgan fingerprint density at radius 2 is 2.21 bits per heavy atom. The summed E-state index contributed by atoms with van der Waals surface area (Å²) < 4.78 is 5.77. The van der Waals surface area contributed by atoms with Crippen molar-refractivity contribution >= 4 is 21.8 Å². The van der Waals surface area contributed by atoms with Crippen LogP contribution < -0.4 is 5.32 Å². The molecule has 0 saturated heterocycles. The van der Waals surface area contributed by atoms with Gasteiger partial charge in [-0.15, -0.1) is 0 Å². The van der Waals surface area contributed by atoms with Gasteiger partial charge in [-0.25, -0.2) is 4.98 Å². The molecule has 2 aromatic rings. The molecular weight excluding hydrogens is 310 g/mol. The van der Waals surface area contributed by atoms with E-state index in [-0.39, 0.29) is 11.9 Å². The first-order valence-corrected chi connectivity index (χ1v) is 6.64. The Morgan fingerprint density at radius 1 is 1.47 bits per heavy atom. The maximum atomic E-state index is 12.1. The molecule has 0 unspecified atom stereocenters. The number of aryl methyl sites for hydroxylation is 2. The molecule has 0 saturated carbocycles. The van der Waals surface area contributed by atoms with Gasteiger partial charge in [0, 0.05) is 16.2 Å². The summed E-state index contributed by atoms with van der Waals surface area (Å²) in [6.07, 6.45) is 1.58. The summed E-state index contributed by atoms with van der Waals surface area (Å²) in [4.78, 5) is 16.2. The molecule has 6 heteroatoms. The number of pyridine rings is 1. The van der Waals surface area contributed by atoms with Crippen LogP contribution in [0.25, 0.3) is 0 Å². The van der Waals surface area contributed by atoms with E-state index in [4.69, 9.17) is 4.52 Å². The summed E-state index contributed by atoms with van der Waals surface area (Å²) in [5.74, 6) is 0.477. The van der Waals surface area contributed by atoms with Crippen LogP contribution in [0.1, 0.15) is 40.5 Å². The van der Waals surface area contributed by atoms with E-state index < -0.39 is 0 Å². The molecule has 1 N–H and O–H groups in total. The third kappa shape index (κ3) is 2.84. The fourth-order valence-electron chi connectivity index (χ4n) is 2.00. The molecule has 1 amide bonds. The largest absolute Gasteiger partial charge is 0.361 e. The van der Waals surface area contributed by atoms with Crippen LogP contribution in [0, 0.1) is 13.8 Å². The van der Waals surface area contributed by atoms with Gasteiger partial charge in [-0.2, -0.15) is 0 Å². The van der Waals surface area contributed by atoms with Crippen LogP contribution in [0.2, 0.25) is 0 Å². The SMILES string of the molecule is Cc1noc(C)c1[C@@H](C)NC(=O)c1ncccc1Br. The van der Waals surface area contributed by atoms with Gasteiger partial charge in [0.1, 0.15) is 11.5 Å². The molecule has 2 rings (SSSR count). The Bertz CT molecular complexity index is 590. The van der Waals surface area contributed by atoms with Crippen LogP contribution in [0.5, 0.6) is 0 Å². The molecule has 0 aliphatic rings. The lowest BCUT2D eigenvalue weighted by Gasteiger charge is -2.13. The van der Waals surface area contributed by atoms with Crippen molar-refractivity contribution in [2.24, 2.45) is 0 Å². The van der Waals surface area contributed by atoms with E-state index in [1.165, 1.54) is 0 Å². The number of carbonyl (C=O) groups is 1. The molecule has 0 fully saturated rings. The van der Waals surface area contributed by atoms with Crippen molar-refractivity contribution in [1.82, 2.24) is 15.5 Å². The van der Waals surface area contributed by atoms with E-state index in [0.29, 0.717) is 15.9 Å². The normalized spacial score (nSPS) is 12.2. The summed E-state index contributed by atoms with van der Waals surface area (Å²) in [6.45, 7) is 5.57. The molecular formula is C13H14BrN3O2. The minimum Gasteiger partial charge on any atom is -0.361 e. The first-order chi connectivity index (χ1) is 9.00. The summed E-state index contributed by atoms with van der Waals surface area (Å²) >= 11 is 3.31. The topological polar surface area (TPSA) is 68.0 Å². The fraction of sp³-hybridized carbons (Fsp3) is 0.308. The molecule has 0 aliphatic heterocycles. The zero-order valence-electron chi connectivity index (χ0n) is 10.9. The average Bonchev–Trinajstić information content (AvgIpc) is 2.69. The van der Waals surface area contributed by atoms with Gasteiger partial charge in [-0.3, -0.25) is 4.79 Å². The summed E-state index contributed by atoms with van der Waals surface area (Å²) in [5.41, 5.74) is 2.05. The van der Waals surface area contributed by atoms with Crippen LogP contribution in [0.15, 0.2) is 27.3 Å². The van der Waals surface area contributed by atoms with Crippen molar-refractivity contribution in [1.29, 1.82) is 0 Å². The molecule has 0 radical (unpaired) electrons. The molecule has 19 heavy (non-hydrogen) atoms. The minimum atomic E-state index is -0.236. The van der Waals surface area contributed by atoms with Gasteiger partial charge in [0.05, 0.1) is 11.7 Å².